The van der Waals surface area contributed by atoms with E-state index >= 15 is 0 Å². The fourth-order valence-electron chi connectivity index (χ4n) is 2.33. The van der Waals surface area contributed by atoms with Crippen LogP contribution in [0.3, 0.4) is 0 Å². The van der Waals surface area contributed by atoms with E-state index in [1.54, 1.807) is 6.92 Å². The monoisotopic (exact) mass is 282 g/mol. The van der Waals surface area contributed by atoms with Gasteiger partial charge in [-0.15, -0.1) is 0 Å². The van der Waals surface area contributed by atoms with Crippen LogP contribution in [0.25, 0.3) is 0 Å². The number of carbonyl (C=O) groups is 1. The fourth-order valence-corrected chi connectivity index (χ4v) is 2.33. The number of hydrogen-bond donors (Lipinski definition) is 3. The van der Waals surface area contributed by atoms with Gasteiger partial charge in [0.05, 0.1) is 5.92 Å². The van der Waals surface area contributed by atoms with Gasteiger partial charge in [-0.05, 0) is 32.6 Å². The average molecular weight is 282 g/mol. The first-order valence-corrected chi connectivity index (χ1v) is 6.57. The molecule has 0 aromatic heterocycles. The second kappa shape index (κ2) is 6.98. The molecule has 3 N–H and O–H groups in total. The Morgan fingerprint density at radius 3 is 2.68 bits per heavy atom. The lowest BCUT2D eigenvalue weighted by Gasteiger charge is -2.31. The number of rotatable bonds is 4. The lowest BCUT2D eigenvalue weighted by atomic mass is 9.85. The van der Waals surface area contributed by atoms with Crippen molar-refractivity contribution in [3.63, 3.8) is 0 Å². The number of carbonyl (C=O) groups excluding carboxylic acids is 1. The molecular formula is C12H21F3N2O2. The van der Waals surface area contributed by atoms with Gasteiger partial charge >= 0.3 is 12.2 Å². The summed E-state index contributed by atoms with van der Waals surface area (Å²) in [5.74, 6) is -1.32. The molecule has 1 aliphatic rings. The topological polar surface area (TPSA) is 61.4 Å². The maximum atomic E-state index is 12.6. The van der Waals surface area contributed by atoms with Crippen molar-refractivity contribution in [2.75, 3.05) is 6.61 Å². The second-order valence-corrected chi connectivity index (χ2v) is 5.13. The summed E-state index contributed by atoms with van der Waals surface area (Å²) >= 11 is 0. The molecular weight excluding hydrogens is 261 g/mol. The Kier molecular flexibility index (Phi) is 5.90. The molecule has 1 saturated carbocycles. The van der Waals surface area contributed by atoms with Crippen LogP contribution in [0, 0.1) is 5.92 Å². The predicted octanol–water partition coefficient (Wildman–Crippen LogP) is 2.18. The van der Waals surface area contributed by atoms with Crippen molar-refractivity contribution in [2.45, 2.75) is 57.3 Å². The molecule has 7 heteroatoms. The summed E-state index contributed by atoms with van der Waals surface area (Å²) in [5.41, 5.74) is 0. The number of alkyl halides is 3. The van der Waals surface area contributed by atoms with Crippen molar-refractivity contribution < 1.29 is 23.1 Å². The number of halogens is 3. The van der Waals surface area contributed by atoms with Crippen molar-refractivity contribution in [3.05, 3.63) is 0 Å². The Morgan fingerprint density at radius 1 is 1.42 bits per heavy atom. The Balaban J connectivity index is 2.38. The van der Waals surface area contributed by atoms with Crippen molar-refractivity contribution in [3.8, 4) is 0 Å². The zero-order valence-corrected chi connectivity index (χ0v) is 11.0. The van der Waals surface area contributed by atoms with Gasteiger partial charge in [0.15, 0.2) is 0 Å². The molecule has 0 aliphatic heterocycles. The van der Waals surface area contributed by atoms with Crippen LogP contribution >= 0.6 is 0 Å². The van der Waals surface area contributed by atoms with Gasteiger partial charge < -0.3 is 15.7 Å². The van der Waals surface area contributed by atoms with E-state index in [1.165, 1.54) is 0 Å². The Labute approximate surface area is 110 Å². The van der Waals surface area contributed by atoms with E-state index in [2.05, 4.69) is 10.6 Å². The Morgan fingerprint density at radius 2 is 2.11 bits per heavy atom. The summed E-state index contributed by atoms with van der Waals surface area (Å²) in [6.45, 7) is 1.69. The van der Waals surface area contributed by atoms with Gasteiger partial charge in [-0.3, -0.25) is 0 Å². The molecule has 3 atom stereocenters. The number of urea groups is 1. The van der Waals surface area contributed by atoms with Gasteiger partial charge in [0, 0.05) is 18.7 Å². The molecule has 112 valence electrons. The summed E-state index contributed by atoms with van der Waals surface area (Å²) in [6, 6.07) is -1.09. The molecule has 0 radical (unpaired) electrons. The molecule has 0 heterocycles. The minimum Gasteiger partial charge on any atom is -0.396 e. The lowest BCUT2D eigenvalue weighted by molar-refractivity contribution is -0.183. The third-order valence-electron chi connectivity index (χ3n) is 3.41. The highest BCUT2D eigenvalue weighted by Gasteiger charge is 2.42. The van der Waals surface area contributed by atoms with Crippen LogP contribution in [0.5, 0.6) is 0 Å². The maximum Gasteiger partial charge on any atom is 0.391 e. The highest BCUT2D eigenvalue weighted by Crippen LogP contribution is 2.37. The zero-order valence-electron chi connectivity index (χ0n) is 11.0. The summed E-state index contributed by atoms with van der Waals surface area (Å²) in [5, 5.41) is 13.9. The predicted molar refractivity (Wildman–Crippen MR) is 64.6 cm³/mol. The standard InChI is InChI=1S/C12H21F3N2O2/c1-8(5-6-18)16-11(19)17-10-4-2-3-9(7-10)12(13,14)15/h8-10,18H,2-7H2,1H3,(H2,16,17,19)/t8-,9?,10?/m1/s1. The van der Waals surface area contributed by atoms with Crippen molar-refractivity contribution in [2.24, 2.45) is 5.92 Å². The minimum absolute atomic E-state index is 0.0407. The normalized spacial score (nSPS) is 25.7. The number of amides is 2. The first-order chi connectivity index (χ1) is 8.82. The van der Waals surface area contributed by atoms with Crippen LogP contribution in [-0.2, 0) is 0 Å². The van der Waals surface area contributed by atoms with Crippen LogP contribution < -0.4 is 10.6 Å². The SMILES string of the molecule is C[C@H](CCO)NC(=O)NC1CCCC(C(F)(F)F)C1. The molecule has 0 bridgehead atoms. The van der Waals surface area contributed by atoms with Gasteiger partial charge in [-0.2, -0.15) is 13.2 Å². The van der Waals surface area contributed by atoms with Crippen LogP contribution in [0.15, 0.2) is 0 Å². The van der Waals surface area contributed by atoms with E-state index in [-0.39, 0.29) is 25.5 Å². The van der Waals surface area contributed by atoms with Crippen molar-refractivity contribution in [1.82, 2.24) is 10.6 Å². The highest BCUT2D eigenvalue weighted by molar-refractivity contribution is 5.74. The van der Waals surface area contributed by atoms with Crippen LogP contribution in [0.4, 0.5) is 18.0 Å². The van der Waals surface area contributed by atoms with Crippen molar-refractivity contribution >= 4 is 6.03 Å². The summed E-state index contributed by atoms with van der Waals surface area (Å²) in [6.07, 6.45) is -2.62. The van der Waals surface area contributed by atoms with Gasteiger partial charge in [-0.1, -0.05) is 6.42 Å². The van der Waals surface area contributed by atoms with E-state index in [9.17, 15) is 18.0 Å². The molecule has 0 aromatic rings. The smallest absolute Gasteiger partial charge is 0.391 e. The molecule has 1 fully saturated rings. The minimum atomic E-state index is -4.18. The zero-order chi connectivity index (χ0) is 14.5. The van der Waals surface area contributed by atoms with Gasteiger partial charge in [0.25, 0.3) is 0 Å². The van der Waals surface area contributed by atoms with E-state index in [0.717, 1.165) is 0 Å². The molecule has 19 heavy (non-hydrogen) atoms. The first kappa shape index (κ1) is 16.1. The maximum absolute atomic E-state index is 12.6. The highest BCUT2D eigenvalue weighted by atomic mass is 19.4. The molecule has 4 nitrogen and oxygen atoms in total. The van der Waals surface area contributed by atoms with E-state index < -0.39 is 24.2 Å². The van der Waals surface area contributed by atoms with Gasteiger partial charge in [-0.25, -0.2) is 4.79 Å². The number of hydrogen-bond acceptors (Lipinski definition) is 2. The van der Waals surface area contributed by atoms with Gasteiger partial charge in [0.1, 0.15) is 0 Å². The number of nitrogens with one attached hydrogen (secondary N) is 2. The third-order valence-corrected chi connectivity index (χ3v) is 3.41. The Hall–Kier alpha value is -0.980. The fraction of sp³-hybridized carbons (Fsp3) is 0.917. The second-order valence-electron chi connectivity index (χ2n) is 5.13. The Bertz CT molecular complexity index is 297. The van der Waals surface area contributed by atoms with Gasteiger partial charge in [0.2, 0.25) is 0 Å². The summed E-state index contributed by atoms with van der Waals surface area (Å²) in [4.78, 5) is 11.6. The molecule has 0 saturated heterocycles. The number of aliphatic hydroxyl groups is 1. The van der Waals surface area contributed by atoms with Crippen LogP contribution in [0.1, 0.15) is 39.0 Å². The molecule has 0 spiro atoms. The quantitative estimate of drug-likeness (QED) is 0.740. The summed E-state index contributed by atoms with van der Waals surface area (Å²) in [7, 11) is 0. The van der Waals surface area contributed by atoms with Crippen LogP contribution in [0.2, 0.25) is 0 Å². The summed E-state index contributed by atoms with van der Waals surface area (Å²) < 4.78 is 37.8. The van der Waals surface area contributed by atoms with E-state index in [1.807, 2.05) is 0 Å². The van der Waals surface area contributed by atoms with Crippen LogP contribution in [-0.4, -0.2) is 36.0 Å². The van der Waals surface area contributed by atoms with Crippen molar-refractivity contribution in [1.29, 1.82) is 0 Å². The average Bonchev–Trinajstić information content (AvgIpc) is 2.28. The first-order valence-electron chi connectivity index (χ1n) is 6.57. The largest absolute Gasteiger partial charge is 0.396 e. The molecule has 2 unspecified atom stereocenters. The van der Waals surface area contributed by atoms with E-state index in [0.29, 0.717) is 19.3 Å². The molecule has 0 aromatic carbocycles. The molecule has 2 amide bonds. The number of aliphatic hydroxyl groups excluding tert-OH is 1. The molecule has 1 aliphatic carbocycles. The lowest BCUT2D eigenvalue weighted by Crippen LogP contribution is -2.48. The molecule has 1 rings (SSSR count). The third kappa shape index (κ3) is 5.67. The van der Waals surface area contributed by atoms with E-state index in [4.69, 9.17) is 5.11 Å².